The molecule has 2 aromatic carbocycles. The Bertz CT molecular complexity index is 1280. The smallest absolute Gasteiger partial charge is 0.332 e. The maximum atomic E-state index is 12.2. The highest BCUT2D eigenvalue weighted by molar-refractivity contribution is 5.95. The maximum absolute atomic E-state index is 12.2. The molecule has 2 heterocycles. The van der Waals surface area contributed by atoms with E-state index in [0.29, 0.717) is 16.8 Å². The zero-order chi connectivity index (χ0) is 21.8. The van der Waals surface area contributed by atoms with Gasteiger partial charge in [-0.05, 0) is 31.2 Å². The lowest BCUT2D eigenvalue weighted by atomic mass is 10.1. The summed E-state index contributed by atoms with van der Waals surface area (Å²) in [5, 5.41) is 15.6. The molecule has 10 nitrogen and oxygen atoms in total. The largest absolute Gasteiger partial charge is 0.355 e. The monoisotopic (exact) mass is 415 g/mol. The molecule has 0 aliphatic rings. The Hall–Kier alpha value is -4.60. The van der Waals surface area contributed by atoms with Crippen LogP contribution in [0.4, 0.5) is 23.0 Å². The number of nitrogens with zero attached hydrogens (tertiary/aromatic N) is 4. The number of aryl methyl sites for hydroxylation is 1. The van der Waals surface area contributed by atoms with Gasteiger partial charge in [-0.2, -0.15) is 0 Å². The van der Waals surface area contributed by atoms with Crippen LogP contribution < -0.4 is 16.2 Å². The Morgan fingerprint density at radius 1 is 0.968 bits per heavy atom. The summed E-state index contributed by atoms with van der Waals surface area (Å²) in [6.45, 7) is 1.86. The number of nitrogens with one attached hydrogen (secondary N) is 3. The molecular weight excluding hydrogens is 398 g/mol. The molecule has 0 saturated heterocycles. The molecule has 0 aliphatic carbocycles. The van der Waals surface area contributed by atoms with Gasteiger partial charge in [-0.3, -0.25) is 30.7 Å². The molecule has 0 atom stereocenters. The van der Waals surface area contributed by atoms with Gasteiger partial charge in [-0.1, -0.05) is 36.4 Å². The molecule has 3 N–H and O–H groups in total. The lowest BCUT2D eigenvalue weighted by Crippen LogP contribution is -2.30. The highest BCUT2D eigenvalue weighted by Crippen LogP contribution is 2.32. The van der Waals surface area contributed by atoms with Crippen molar-refractivity contribution in [2.24, 2.45) is 0 Å². The molecular formula is C21H17N7O3. The van der Waals surface area contributed by atoms with Crippen molar-refractivity contribution < 1.29 is 9.72 Å². The predicted molar refractivity (Wildman–Crippen MR) is 116 cm³/mol. The molecule has 0 aliphatic heterocycles. The lowest BCUT2D eigenvalue weighted by Gasteiger charge is -2.12. The fourth-order valence-electron chi connectivity index (χ4n) is 2.99. The Kier molecular flexibility index (Phi) is 5.35. The number of nitro groups is 1. The van der Waals surface area contributed by atoms with Gasteiger partial charge in [0.25, 0.3) is 5.91 Å². The van der Waals surface area contributed by atoms with Crippen LogP contribution in [0.3, 0.4) is 0 Å². The van der Waals surface area contributed by atoms with E-state index >= 15 is 0 Å². The minimum absolute atomic E-state index is 0.0349. The Morgan fingerprint density at radius 3 is 2.52 bits per heavy atom. The van der Waals surface area contributed by atoms with Crippen molar-refractivity contribution in [1.29, 1.82) is 0 Å². The van der Waals surface area contributed by atoms with E-state index in [1.807, 2.05) is 31.2 Å². The first kappa shape index (κ1) is 19.7. The Labute approximate surface area is 176 Å². The third-order valence-electron chi connectivity index (χ3n) is 4.45. The topological polar surface area (TPSA) is 135 Å². The average molecular weight is 415 g/mol. The minimum Gasteiger partial charge on any atom is -0.332 e. The summed E-state index contributed by atoms with van der Waals surface area (Å²) in [6.07, 6.45) is 1.16. The quantitative estimate of drug-likeness (QED) is 0.320. The third-order valence-corrected chi connectivity index (χ3v) is 4.45. The number of anilines is 3. The van der Waals surface area contributed by atoms with E-state index in [0.717, 1.165) is 17.4 Å². The molecule has 2 aromatic heterocycles. The van der Waals surface area contributed by atoms with Gasteiger partial charge in [0.2, 0.25) is 11.6 Å². The summed E-state index contributed by atoms with van der Waals surface area (Å²) in [5.41, 5.74) is 6.93. The number of pyridine rings is 1. The fourth-order valence-corrected chi connectivity index (χ4v) is 2.99. The summed E-state index contributed by atoms with van der Waals surface area (Å²) < 4.78 is 0. The van der Waals surface area contributed by atoms with Crippen LogP contribution in [0.25, 0.3) is 10.9 Å². The second kappa shape index (κ2) is 8.41. The van der Waals surface area contributed by atoms with E-state index in [1.165, 1.54) is 0 Å². The first-order valence-electron chi connectivity index (χ1n) is 9.27. The van der Waals surface area contributed by atoms with E-state index in [1.54, 1.807) is 36.4 Å². The zero-order valence-corrected chi connectivity index (χ0v) is 16.4. The molecule has 4 aromatic rings. The van der Waals surface area contributed by atoms with Crippen LogP contribution in [0.1, 0.15) is 16.1 Å². The SMILES string of the molecule is Cc1ccc2cccc(Nc3ncnc(NNC(=O)c4ccccc4)c3[N+](=O)[O-])c2n1. The maximum Gasteiger partial charge on any atom is 0.355 e. The highest BCUT2D eigenvalue weighted by atomic mass is 16.6. The molecule has 0 saturated carbocycles. The van der Waals surface area contributed by atoms with Gasteiger partial charge in [0.05, 0.1) is 16.1 Å². The van der Waals surface area contributed by atoms with Crippen LogP contribution in [-0.2, 0) is 0 Å². The zero-order valence-electron chi connectivity index (χ0n) is 16.4. The van der Waals surface area contributed by atoms with E-state index in [4.69, 9.17) is 0 Å². The van der Waals surface area contributed by atoms with Gasteiger partial charge in [0.15, 0.2) is 0 Å². The van der Waals surface area contributed by atoms with Crippen LogP contribution >= 0.6 is 0 Å². The number of fused-ring (bicyclic) bond motifs is 1. The number of aromatic nitrogens is 3. The number of benzene rings is 2. The summed E-state index contributed by atoms with van der Waals surface area (Å²) in [6, 6.07) is 17.7. The first-order valence-corrected chi connectivity index (χ1v) is 9.27. The number of hydrazine groups is 1. The molecule has 0 bridgehead atoms. The van der Waals surface area contributed by atoms with Gasteiger partial charge in [0, 0.05) is 16.6 Å². The van der Waals surface area contributed by atoms with E-state index in [2.05, 4.69) is 31.1 Å². The number of carbonyl (C=O) groups excluding carboxylic acids is 1. The molecule has 0 spiro atoms. The van der Waals surface area contributed by atoms with Gasteiger partial charge < -0.3 is 5.32 Å². The van der Waals surface area contributed by atoms with Crippen molar-refractivity contribution in [3.8, 4) is 0 Å². The second-order valence-electron chi connectivity index (χ2n) is 6.58. The molecule has 154 valence electrons. The summed E-state index contributed by atoms with van der Waals surface area (Å²) >= 11 is 0. The van der Waals surface area contributed by atoms with Crippen LogP contribution in [0, 0.1) is 17.0 Å². The number of rotatable bonds is 6. The van der Waals surface area contributed by atoms with Crippen molar-refractivity contribution in [3.63, 3.8) is 0 Å². The lowest BCUT2D eigenvalue weighted by molar-refractivity contribution is -0.383. The van der Waals surface area contributed by atoms with Crippen molar-refractivity contribution in [1.82, 2.24) is 20.4 Å². The van der Waals surface area contributed by atoms with Crippen LogP contribution in [0.5, 0.6) is 0 Å². The molecule has 0 radical (unpaired) electrons. The summed E-state index contributed by atoms with van der Waals surface area (Å²) in [5.74, 6) is -0.653. The van der Waals surface area contributed by atoms with Crippen molar-refractivity contribution in [3.05, 3.63) is 88.4 Å². The number of hydrogen-bond acceptors (Lipinski definition) is 8. The van der Waals surface area contributed by atoms with Gasteiger partial charge in [-0.25, -0.2) is 9.97 Å². The average Bonchev–Trinajstić information content (AvgIpc) is 2.78. The summed E-state index contributed by atoms with van der Waals surface area (Å²) in [4.78, 5) is 35.9. The third kappa shape index (κ3) is 4.22. The second-order valence-corrected chi connectivity index (χ2v) is 6.58. The van der Waals surface area contributed by atoms with Crippen molar-refractivity contribution in [2.45, 2.75) is 6.92 Å². The number of hydrogen-bond donors (Lipinski definition) is 3. The first-order chi connectivity index (χ1) is 15.0. The van der Waals surface area contributed by atoms with E-state index in [9.17, 15) is 14.9 Å². The molecule has 0 unspecified atom stereocenters. The molecule has 0 fully saturated rings. The van der Waals surface area contributed by atoms with Crippen molar-refractivity contribution in [2.75, 3.05) is 10.7 Å². The molecule has 4 rings (SSSR count). The normalized spacial score (nSPS) is 10.5. The molecule has 1 amide bonds. The minimum atomic E-state index is -0.622. The van der Waals surface area contributed by atoms with Crippen LogP contribution in [0.2, 0.25) is 0 Å². The highest BCUT2D eigenvalue weighted by Gasteiger charge is 2.24. The van der Waals surface area contributed by atoms with E-state index in [-0.39, 0.29) is 11.6 Å². The number of carbonyl (C=O) groups is 1. The molecule has 10 heteroatoms. The number of para-hydroxylation sites is 1. The van der Waals surface area contributed by atoms with Crippen LogP contribution in [0.15, 0.2) is 67.0 Å². The summed E-state index contributed by atoms with van der Waals surface area (Å²) in [7, 11) is 0. The predicted octanol–water partition coefficient (Wildman–Crippen LogP) is 3.74. The van der Waals surface area contributed by atoms with Crippen molar-refractivity contribution >= 4 is 39.8 Å². The number of amides is 1. The fraction of sp³-hybridized carbons (Fsp3) is 0.0476. The molecule has 31 heavy (non-hydrogen) atoms. The Morgan fingerprint density at radius 2 is 1.74 bits per heavy atom. The standard InChI is InChI=1S/C21H17N7O3/c1-13-10-11-14-8-5-9-16(17(14)24-13)25-19-18(28(30)31)20(23-12-22-19)26-27-21(29)15-6-3-2-4-7-15/h2-12H,1H3,(H,27,29)(H2,22,23,25,26). The van der Waals surface area contributed by atoms with Gasteiger partial charge >= 0.3 is 5.69 Å². The van der Waals surface area contributed by atoms with Crippen LogP contribution in [-0.4, -0.2) is 25.8 Å². The van der Waals surface area contributed by atoms with Gasteiger partial charge in [-0.15, -0.1) is 0 Å². The Balaban J connectivity index is 1.65. The van der Waals surface area contributed by atoms with Gasteiger partial charge in [0.1, 0.15) is 6.33 Å². The van der Waals surface area contributed by atoms with E-state index < -0.39 is 16.5 Å².